The molecule has 0 aliphatic carbocycles. The smallest absolute Gasteiger partial charge is 0.326 e. The number of urea groups is 1. The molecule has 98 valence electrons. The lowest BCUT2D eigenvalue weighted by molar-refractivity contribution is -0.142. The molecule has 5 nitrogen and oxygen atoms in total. The maximum absolute atomic E-state index is 11.9. The van der Waals surface area contributed by atoms with Crippen LogP contribution in [0.15, 0.2) is 0 Å². The van der Waals surface area contributed by atoms with Gasteiger partial charge in [0.25, 0.3) is 0 Å². The Hall–Kier alpha value is -0.910. The third-order valence-corrected chi connectivity index (χ3v) is 3.62. The lowest BCUT2D eigenvalue weighted by atomic mass is 9.87. The lowest BCUT2D eigenvalue weighted by Gasteiger charge is -2.32. The Morgan fingerprint density at radius 1 is 1.29 bits per heavy atom. The zero-order chi connectivity index (χ0) is 13.1. The van der Waals surface area contributed by atoms with Gasteiger partial charge in [-0.25, -0.2) is 9.59 Å². The number of carbonyl (C=O) groups is 2. The summed E-state index contributed by atoms with van der Waals surface area (Å²) in [5, 5.41) is 11.7. The summed E-state index contributed by atoms with van der Waals surface area (Å²) in [6, 6.07) is -1.13. The van der Waals surface area contributed by atoms with E-state index in [1.807, 2.05) is 11.8 Å². The topological polar surface area (TPSA) is 69.6 Å². The number of nitrogens with one attached hydrogen (secondary N) is 1. The monoisotopic (exact) mass is 260 g/mol. The van der Waals surface area contributed by atoms with E-state index < -0.39 is 17.4 Å². The first kappa shape index (κ1) is 14.2. The molecule has 1 rings (SSSR count). The lowest BCUT2D eigenvalue weighted by Crippen LogP contribution is -2.54. The van der Waals surface area contributed by atoms with E-state index in [-0.39, 0.29) is 6.03 Å². The summed E-state index contributed by atoms with van der Waals surface area (Å²) >= 11 is 1.81. The number of amides is 2. The molecule has 0 bridgehead atoms. The van der Waals surface area contributed by atoms with E-state index in [4.69, 9.17) is 5.11 Å². The van der Waals surface area contributed by atoms with Crippen molar-refractivity contribution >= 4 is 23.8 Å². The van der Waals surface area contributed by atoms with Crippen molar-refractivity contribution in [2.45, 2.75) is 26.8 Å². The van der Waals surface area contributed by atoms with Crippen LogP contribution < -0.4 is 5.32 Å². The summed E-state index contributed by atoms with van der Waals surface area (Å²) in [6.45, 7) is 6.79. The number of aliphatic carboxylic acids is 1. The second-order valence-corrected chi connectivity index (χ2v) is 6.41. The van der Waals surface area contributed by atoms with Crippen molar-refractivity contribution in [1.29, 1.82) is 0 Å². The Morgan fingerprint density at radius 2 is 1.82 bits per heavy atom. The Kier molecular flexibility index (Phi) is 4.68. The quantitative estimate of drug-likeness (QED) is 0.784. The Bertz CT molecular complexity index is 296. The maximum atomic E-state index is 11.9. The van der Waals surface area contributed by atoms with Crippen molar-refractivity contribution in [2.24, 2.45) is 5.41 Å². The van der Waals surface area contributed by atoms with Gasteiger partial charge in [0.2, 0.25) is 0 Å². The Labute approximate surface area is 106 Å². The molecule has 0 radical (unpaired) electrons. The van der Waals surface area contributed by atoms with Crippen molar-refractivity contribution in [3.05, 3.63) is 0 Å². The molecule has 1 unspecified atom stereocenters. The van der Waals surface area contributed by atoms with E-state index in [2.05, 4.69) is 5.32 Å². The third kappa shape index (κ3) is 4.11. The van der Waals surface area contributed by atoms with Crippen LogP contribution in [0.25, 0.3) is 0 Å². The van der Waals surface area contributed by atoms with E-state index in [0.717, 1.165) is 11.5 Å². The number of thioether (sulfide) groups is 1. The Morgan fingerprint density at radius 3 is 2.24 bits per heavy atom. The average Bonchev–Trinajstić information content (AvgIpc) is 2.24. The molecule has 1 fully saturated rings. The van der Waals surface area contributed by atoms with Crippen LogP contribution >= 0.6 is 11.8 Å². The van der Waals surface area contributed by atoms with Gasteiger partial charge in [-0.2, -0.15) is 11.8 Å². The number of rotatable bonds is 2. The molecule has 1 aliphatic rings. The molecule has 0 saturated carbocycles. The second kappa shape index (κ2) is 5.62. The van der Waals surface area contributed by atoms with E-state index in [0.29, 0.717) is 13.1 Å². The molecule has 0 aromatic rings. The van der Waals surface area contributed by atoms with Gasteiger partial charge in [-0.1, -0.05) is 20.8 Å². The minimum absolute atomic E-state index is 0.271. The predicted octanol–water partition coefficient (Wildman–Crippen LogP) is 1.24. The summed E-state index contributed by atoms with van der Waals surface area (Å²) in [7, 11) is 0. The highest BCUT2D eigenvalue weighted by Gasteiger charge is 2.33. The fraction of sp³-hybridized carbons (Fsp3) is 0.818. The normalized spacial score (nSPS) is 18.6. The molecule has 1 heterocycles. The fourth-order valence-corrected chi connectivity index (χ4v) is 2.53. The SMILES string of the molecule is CC(C)(C)C(NC(=O)N1CCSCC1)C(=O)O. The first-order chi connectivity index (χ1) is 7.82. The summed E-state index contributed by atoms with van der Waals surface area (Å²) in [5.41, 5.74) is -0.494. The molecule has 1 aliphatic heterocycles. The molecule has 0 aromatic carbocycles. The van der Waals surface area contributed by atoms with E-state index >= 15 is 0 Å². The van der Waals surface area contributed by atoms with Crippen LogP contribution in [0.2, 0.25) is 0 Å². The summed E-state index contributed by atoms with van der Waals surface area (Å²) in [5.74, 6) is 0.846. The van der Waals surface area contributed by atoms with Crippen molar-refractivity contribution in [1.82, 2.24) is 10.2 Å². The number of nitrogens with zero attached hydrogens (tertiary/aromatic N) is 1. The summed E-state index contributed by atoms with van der Waals surface area (Å²) in [4.78, 5) is 24.7. The maximum Gasteiger partial charge on any atom is 0.326 e. The van der Waals surface area contributed by atoms with Gasteiger partial charge >= 0.3 is 12.0 Å². The third-order valence-electron chi connectivity index (χ3n) is 2.68. The van der Waals surface area contributed by atoms with Gasteiger partial charge in [0.1, 0.15) is 6.04 Å². The van der Waals surface area contributed by atoms with Crippen LogP contribution in [0.4, 0.5) is 4.79 Å². The van der Waals surface area contributed by atoms with Crippen LogP contribution in [-0.4, -0.2) is 52.6 Å². The number of hydrogen-bond acceptors (Lipinski definition) is 3. The van der Waals surface area contributed by atoms with Crippen molar-refractivity contribution in [3.63, 3.8) is 0 Å². The van der Waals surface area contributed by atoms with E-state index in [1.54, 1.807) is 25.7 Å². The first-order valence-corrected chi connectivity index (χ1v) is 6.84. The van der Waals surface area contributed by atoms with E-state index in [1.165, 1.54) is 0 Å². The largest absolute Gasteiger partial charge is 0.480 e. The molecular weight excluding hydrogens is 240 g/mol. The highest BCUT2D eigenvalue weighted by Crippen LogP contribution is 2.20. The molecule has 1 atom stereocenters. The standard InChI is InChI=1S/C11H20N2O3S/c1-11(2,3)8(9(14)15)12-10(16)13-4-6-17-7-5-13/h8H,4-7H2,1-3H3,(H,12,16)(H,14,15). The fourth-order valence-electron chi connectivity index (χ4n) is 1.63. The zero-order valence-electron chi connectivity index (χ0n) is 10.5. The molecule has 0 spiro atoms. The van der Waals surface area contributed by atoms with Gasteiger partial charge in [-0.3, -0.25) is 0 Å². The molecule has 2 N–H and O–H groups in total. The van der Waals surface area contributed by atoms with Gasteiger partial charge < -0.3 is 15.3 Å². The number of hydrogen-bond donors (Lipinski definition) is 2. The molecule has 0 aromatic heterocycles. The molecule has 1 saturated heterocycles. The minimum atomic E-state index is -0.989. The molecule has 2 amide bonds. The number of carbonyl (C=O) groups excluding carboxylic acids is 1. The van der Waals surface area contributed by atoms with Crippen LogP contribution in [0.1, 0.15) is 20.8 Å². The van der Waals surface area contributed by atoms with Gasteiger partial charge in [-0.15, -0.1) is 0 Å². The van der Waals surface area contributed by atoms with Crippen molar-refractivity contribution in [2.75, 3.05) is 24.6 Å². The van der Waals surface area contributed by atoms with E-state index in [9.17, 15) is 9.59 Å². The van der Waals surface area contributed by atoms with Crippen LogP contribution in [0.5, 0.6) is 0 Å². The van der Waals surface area contributed by atoms with Crippen LogP contribution in [0.3, 0.4) is 0 Å². The predicted molar refractivity (Wildman–Crippen MR) is 68.3 cm³/mol. The van der Waals surface area contributed by atoms with Crippen LogP contribution in [-0.2, 0) is 4.79 Å². The van der Waals surface area contributed by atoms with Gasteiger partial charge in [-0.05, 0) is 5.41 Å². The van der Waals surface area contributed by atoms with Crippen molar-refractivity contribution < 1.29 is 14.7 Å². The van der Waals surface area contributed by atoms with Gasteiger partial charge in [0.05, 0.1) is 0 Å². The highest BCUT2D eigenvalue weighted by molar-refractivity contribution is 7.99. The summed E-state index contributed by atoms with van der Waals surface area (Å²) < 4.78 is 0. The molecule has 6 heteroatoms. The molecule has 17 heavy (non-hydrogen) atoms. The van der Waals surface area contributed by atoms with Gasteiger partial charge in [0, 0.05) is 24.6 Å². The minimum Gasteiger partial charge on any atom is -0.480 e. The number of carboxylic acid groups (broad SMARTS) is 1. The number of carboxylic acids is 1. The highest BCUT2D eigenvalue weighted by atomic mass is 32.2. The molecular formula is C11H20N2O3S. The zero-order valence-corrected chi connectivity index (χ0v) is 11.3. The van der Waals surface area contributed by atoms with Crippen LogP contribution in [0, 0.1) is 5.41 Å². The van der Waals surface area contributed by atoms with Crippen molar-refractivity contribution in [3.8, 4) is 0 Å². The first-order valence-electron chi connectivity index (χ1n) is 5.68. The second-order valence-electron chi connectivity index (χ2n) is 5.19. The van der Waals surface area contributed by atoms with Gasteiger partial charge in [0.15, 0.2) is 0 Å². The summed E-state index contributed by atoms with van der Waals surface area (Å²) in [6.07, 6.45) is 0. The Balaban J connectivity index is 2.60. The average molecular weight is 260 g/mol.